The fraction of sp³-hybridized carbons (Fsp3) is 0.269. The minimum Gasteiger partial charge on any atom is -0.478 e. The Hall–Kier alpha value is -2.57. The standard InChI is InChI=1S/C26H26ClNO4.ClH/c1-16-2-10-23(14-24(16)26(30)31)32-22-11-6-17-5-9-21(12-19(17)13-22)28-15-25(29)18-3-7-20(27)8-4-18;/h2-4,6-8,10-11,13-14,21,25,28-29H,5,9,12,15H2,1H3,(H,30,31);1H/t21-,25-;/m0./s1. The third-order valence-corrected chi connectivity index (χ3v) is 6.19. The van der Waals surface area contributed by atoms with Crippen LogP contribution in [0.4, 0.5) is 0 Å². The molecule has 1 aliphatic rings. The van der Waals surface area contributed by atoms with E-state index in [0.717, 1.165) is 24.8 Å². The lowest BCUT2D eigenvalue weighted by Gasteiger charge is -2.27. The summed E-state index contributed by atoms with van der Waals surface area (Å²) in [4.78, 5) is 11.4. The number of halogens is 2. The maximum absolute atomic E-state index is 11.4. The van der Waals surface area contributed by atoms with Crippen LogP contribution in [0.5, 0.6) is 11.5 Å². The van der Waals surface area contributed by atoms with Gasteiger partial charge in [-0.25, -0.2) is 4.79 Å². The molecule has 7 heteroatoms. The zero-order valence-corrected chi connectivity index (χ0v) is 19.8. The molecule has 3 aromatic carbocycles. The van der Waals surface area contributed by atoms with Crippen molar-refractivity contribution in [2.75, 3.05) is 6.54 Å². The van der Waals surface area contributed by atoms with E-state index in [-0.39, 0.29) is 24.0 Å². The number of rotatable bonds is 7. The average molecular weight is 488 g/mol. The highest BCUT2D eigenvalue weighted by Gasteiger charge is 2.20. The zero-order valence-electron chi connectivity index (χ0n) is 18.3. The number of ether oxygens (including phenoxy) is 1. The van der Waals surface area contributed by atoms with E-state index in [1.54, 1.807) is 37.3 Å². The normalized spacial score (nSPS) is 15.8. The van der Waals surface area contributed by atoms with Gasteiger partial charge in [0.15, 0.2) is 0 Å². The molecule has 0 bridgehead atoms. The Bertz CT molecular complexity index is 1120. The molecule has 3 N–H and O–H groups in total. The van der Waals surface area contributed by atoms with Crippen molar-refractivity contribution in [3.63, 3.8) is 0 Å². The molecule has 2 atom stereocenters. The van der Waals surface area contributed by atoms with E-state index in [1.807, 2.05) is 24.3 Å². The Morgan fingerprint density at radius 1 is 1.09 bits per heavy atom. The van der Waals surface area contributed by atoms with Gasteiger partial charge in [0, 0.05) is 17.6 Å². The summed E-state index contributed by atoms with van der Waals surface area (Å²) in [6, 6.07) is 18.6. The zero-order chi connectivity index (χ0) is 22.7. The molecule has 33 heavy (non-hydrogen) atoms. The number of carbonyl (C=O) groups is 1. The fourth-order valence-electron chi connectivity index (χ4n) is 4.08. The molecule has 0 heterocycles. The summed E-state index contributed by atoms with van der Waals surface area (Å²) < 4.78 is 5.96. The van der Waals surface area contributed by atoms with Crippen LogP contribution in [0.15, 0.2) is 60.7 Å². The van der Waals surface area contributed by atoms with Crippen LogP contribution in [-0.2, 0) is 12.8 Å². The quantitative estimate of drug-likeness (QED) is 0.395. The van der Waals surface area contributed by atoms with Crippen molar-refractivity contribution in [3.05, 3.63) is 93.5 Å². The maximum Gasteiger partial charge on any atom is 0.336 e. The van der Waals surface area contributed by atoms with Gasteiger partial charge in [0.05, 0.1) is 11.7 Å². The van der Waals surface area contributed by atoms with Crippen molar-refractivity contribution >= 4 is 30.0 Å². The monoisotopic (exact) mass is 487 g/mol. The van der Waals surface area contributed by atoms with Gasteiger partial charge in [-0.2, -0.15) is 0 Å². The molecular weight excluding hydrogens is 461 g/mol. The number of carboxylic acids is 1. The predicted molar refractivity (Wildman–Crippen MR) is 132 cm³/mol. The van der Waals surface area contributed by atoms with Crippen LogP contribution >= 0.6 is 24.0 Å². The smallest absolute Gasteiger partial charge is 0.336 e. The van der Waals surface area contributed by atoms with Crippen LogP contribution in [0.2, 0.25) is 5.02 Å². The number of benzene rings is 3. The van der Waals surface area contributed by atoms with Crippen molar-refractivity contribution in [2.45, 2.75) is 38.3 Å². The number of hydrogen-bond donors (Lipinski definition) is 3. The van der Waals surface area contributed by atoms with Gasteiger partial charge in [0.2, 0.25) is 0 Å². The van der Waals surface area contributed by atoms with E-state index < -0.39 is 12.1 Å². The lowest BCUT2D eigenvalue weighted by atomic mass is 9.88. The molecule has 0 saturated heterocycles. The molecule has 1 aliphatic carbocycles. The van der Waals surface area contributed by atoms with Crippen molar-refractivity contribution < 1.29 is 19.7 Å². The molecule has 0 aromatic heterocycles. The topological polar surface area (TPSA) is 78.8 Å². The highest BCUT2D eigenvalue weighted by atomic mass is 35.5. The molecule has 174 valence electrons. The SMILES string of the molecule is Cc1ccc(Oc2ccc3c(c2)C[C@@H](NC[C@H](O)c2ccc(Cl)cc2)CC3)cc1C(=O)O.Cl. The van der Waals surface area contributed by atoms with Gasteiger partial charge in [-0.1, -0.05) is 35.9 Å². The summed E-state index contributed by atoms with van der Waals surface area (Å²) in [6.45, 7) is 2.24. The Labute approximate surface area is 204 Å². The van der Waals surface area contributed by atoms with Gasteiger partial charge in [-0.15, -0.1) is 12.4 Å². The molecule has 5 nitrogen and oxygen atoms in total. The van der Waals surface area contributed by atoms with Gasteiger partial charge >= 0.3 is 5.97 Å². The molecule has 0 unspecified atom stereocenters. The lowest BCUT2D eigenvalue weighted by molar-refractivity contribution is 0.0695. The van der Waals surface area contributed by atoms with Crippen LogP contribution < -0.4 is 10.1 Å². The molecule has 3 aromatic rings. The van der Waals surface area contributed by atoms with E-state index >= 15 is 0 Å². The molecule has 0 spiro atoms. The highest BCUT2D eigenvalue weighted by Crippen LogP contribution is 2.30. The minimum atomic E-state index is -0.965. The summed E-state index contributed by atoms with van der Waals surface area (Å²) in [5, 5.41) is 23.9. The summed E-state index contributed by atoms with van der Waals surface area (Å²) in [6.07, 6.45) is 2.21. The first-order valence-corrected chi connectivity index (χ1v) is 11.1. The summed E-state index contributed by atoms with van der Waals surface area (Å²) in [5.41, 5.74) is 4.28. The average Bonchev–Trinajstić information content (AvgIpc) is 2.78. The predicted octanol–water partition coefficient (Wildman–Crippen LogP) is 5.74. The first kappa shape index (κ1) is 25.1. The van der Waals surface area contributed by atoms with E-state index in [2.05, 4.69) is 11.4 Å². The Kier molecular flexibility index (Phi) is 8.38. The molecule has 0 aliphatic heterocycles. The number of hydrogen-bond acceptors (Lipinski definition) is 4. The second kappa shape index (κ2) is 11.0. The first-order chi connectivity index (χ1) is 15.4. The first-order valence-electron chi connectivity index (χ1n) is 10.7. The van der Waals surface area contributed by atoms with Crippen LogP contribution in [0.25, 0.3) is 0 Å². The van der Waals surface area contributed by atoms with Crippen molar-refractivity contribution in [1.82, 2.24) is 5.32 Å². The molecule has 0 amide bonds. The molecular formula is C26H27Cl2NO4. The number of nitrogens with one attached hydrogen (secondary N) is 1. The van der Waals surface area contributed by atoms with E-state index in [0.29, 0.717) is 28.6 Å². The van der Waals surface area contributed by atoms with E-state index in [9.17, 15) is 15.0 Å². The number of carboxylic acid groups (broad SMARTS) is 1. The largest absolute Gasteiger partial charge is 0.478 e. The number of aliphatic hydroxyl groups excluding tert-OH is 1. The van der Waals surface area contributed by atoms with Gasteiger partial charge < -0.3 is 20.3 Å². The minimum absolute atomic E-state index is 0. The summed E-state index contributed by atoms with van der Waals surface area (Å²) in [7, 11) is 0. The molecule has 0 radical (unpaired) electrons. The van der Waals surface area contributed by atoms with Gasteiger partial charge in [-0.3, -0.25) is 0 Å². The van der Waals surface area contributed by atoms with Crippen LogP contribution in [0, 0.1) is 6.92 Å². The van der Waals surface area contributed by atoms with Crippen molar-refractivity contribution in [2.24, 2.45) is 0 Å². The lowest BCUT2D eigenvalue weighted by Crippen LogP contribution is -2.37. The van der Waals surface area contributed by atoms with Crippen molar-refractivity contribution in [1.29, 1.82) is 0 Å². The summed E-state index contributed by atoms with van der Waals surface area (Å²) in [5.74, 6) is 0.225. The Morgan fingerprint density at radius 2 is 1.79 bits per heavy atom. The van der Waals surface area contributed by atoms with Crippen LogP contribution in [0.3, 0.4) is 0 Å². The third-order valence-electron chi connectivity index (χ3n) is 5.94. The van der Waals surface area contributed by atoms with Gasteiger partial charge in [0.1, 0.15) is 11.5 Å². The molecule has 0 fully saturated rings. The molecule has 0 saturated carbocycles. The Balaban J connectivity index is 0.00000306. The highest BCUT2D eigenvalue weighted by molar-refractivity contribution is 6.30. The summed E-state index contributed by atoms with van der Waals surface area (Å²) >= 11 is 5.92. The van der Waals surface area contributed by atoms with Crippen LogP contribution in [0.1, 0.15) is 45.1 Å². The fourth-order valence-corrected chi connectivity index (χ4v) is 4.21. The number of fused-ring (bicyclic) bond motifs is 1. The maximum atomic E-state index is 11.4. The van der Waals surface area contributed by atoms with Crippen LogP contribution in [-0.4, -0.2) is 28.8 Å². The van der Waals surface area contributed by atoms with E-state index in [4.69, 9.17) is 16.3 Å². The third kappa shape index (κ3) is 6.27. The number of aliphatic hydroxyl groups is 1. The Morgan fingerprint density at radius 3 is 2.52 bits per heavy atom. The van der Waals surface area contributed by atoms with E-state index in [1.165, 1.54) is 11.1 Å². The van der Waals surface area contributed by atoms with Gasteiger partial charge in [0.25, 0.3) is 0 Å². The second-order valence-corrected chi connectivity index (χ2v) is 8.67. The number of aryl methyl sites for hydroxylation is 2. The van der Waals surface area contributed by atoms with Gasteiger partial charge in [-0.05, 0) is 84.8 Å². The number of aromatic carboxylic acids is 1. The second-order valence-electron chi connectivity index (χ2n) is 8.23. The van der Waals surface area contributed by atoms with Crippen molar-refractivity contribution in [3.8, 4) is 11.5 Å². The molecule has 4 rings (SSSR count).